The smallest absolute Gasteiger partial charge is 0.387 e. The Morgan fingerprint density at radius 3 is 2.21 bits per heavy atom. The van der Waals surface area contributed by atoms with Crippen LogP contribution in [-0.4, -0.2) is 61.5 Å². The third-order valence-corrected chi connectivity index (χ3v) is 4.34. The quantitative estimate of drug-likeness (QED) is 0.718. The summed E-state index contributed by atoms with van der Waals surface area (Å²) in [4.78, 5) is 28.1. The molecule has 0 aromatic heterocycles. The fourth-order valence-electron chi connectivity index (χ4n) is 2.86. The lowest BCUT2D eigenvalue weighted by Gasteiger charge is -2.37. The standard InChI is InChI=1S/C20H26F2N2O4/c1-20(2,3)18(26)24-11-9-23(10-12-24)17(25)8-6-14-5-7-15(28-19(21)22)16(13-14)27-4/h5-8,13,19H,9-12H2,1-4H3/b8-6+. The summed E-state index contributed by atoms with van der Waals surface area (Å²) in [7, 11) is 1.35. The van der Waals surface area contributed by atoms with Gasteiger partial charge in [0.05, 0.1) is 7.11 Å². The van der Waals surface area contributed by atoms with Gasteiger partial charge in [0.15, 0.2) is 11.5 Å². The van der Waals surface area contributed by atoms with Crippen molar-refractivity contribution in [2.24, 2.45) is 5.41 Å². The van der Waals surface area contributed by atoms with E-state index in [1.807, 2.05) is 20.8 Å². The van der Waals surface area contributed by atoms with Gasteiger partial charge in [-0.05, 0) is 23.8 Å². The van der Waals surface area contributed by atoms with Gasteiger partial charge in [-0.3, -0.25) is 9.59 Å². The molecule has 0 saturated carbocycles. The highest BCUT2D eigenvalue weighted by Crippen LogP contribution is 2.29. The van der Waals surface area contributed by atoms with Crippen molar-refractivity contribution >= 4 is 17.9 Å². The molecule has 0 aliphatic carbocycles. The second-order valence-electron chi connectivity index (χ2n) is 7.49. The summed E-state index contributed by atoms with van der Waals surface area (Å²) in [6, 6.07) is 4.44. The maximum Gasteiger partial charge on any atom is 0.387 e. The maximum atomic E-state index is 12.4. The molecule has 0 unspecified atom stereocenters. The van der Waals surface area contributed by atoms with Crippen LogP contribution in [0.4, 0.5) is 8.78 Å². The van der Waals surface area contributed by atoms with E-state index in [9.17, 15) is 18.4 Å². The average molecular weight is 396 g/mol. The summed E-state index contributed by atoms with van der Waals surface area (Å²) in [5.74, 6) is -0.00658. The lowest BCUT2D eigenvalue weighted by molar-refractivity contribution is -0.143. The van der Waals surface area contributed by atoms with Crippen molar-refractivity contribution in [3.63, 3.8) is 0 Å². The number of ether oxygens (including phenoxy) is 2. The lowest BCUT2D eigenvalue weighted by atomic mass is 9.94. The van der Waals surface area contributed by atoms with Crippen LogP contribution in [0.1, 0.15) is 26.3 Å². The lowest BCUT2D eigenvalue weighted by Crippen LogP contribution is -2.52. The van der Waals surface area contributed by atoms with Crippen LogP contribution >= 0.6 is 0 Å². The molecule has 1 aromatic carbocycles. The normalized spacial score (nSPS) is 15.2. The SMILES string of the molecule is COc1cc(/C=C/C(=O)N2CCN(C(=O)C(C)(C)C)CC2)ccc1OC(F)F. The molecule has 2 rings (SSSR count). The molecule has 1 aliphatic rings. The number of hydrogen-bond acceptors (Lipinski definition) is 4. The van der Waals surface area contributed by atoms with Gasteiger partial charge >= 0.3 is 6.61 Å². The molecule has 0 atom stereocenters. The molecule has 1 heterocycles. The number of benzene rings is 1. The number of amides is 2. The van der Waals surface area contributed by atoms with Crippen LogP contribution in [0.5, 0.6) is 11.5 Å². The highest BCUT2D eigenvalue weighted by molar-refractivity contribution is 5.92. The molecule has 1 saturated heterocycles. The van der Waals surface area contributed by atoms with E-state index in [0.29, 0.717) is 31.7 Å². The van der Waals surface area contributed by atoms with E-state index in [4.69, 9.17) is 4.74 Å². The van der Waals surface area contributed by atoms with E-state index in [1.54, 1.807) is 21.9 Å². The molecule has 1 aliphatic heterocycles. The largest absolute Gasteiger partial charge is 0.493 e. The Balaban J connectivity index is 1.96. The molecule has 0 radical (unpaired) electrons. The maximum absolute atomic E-state index is 12.4. The predicted molar refractivity (Wildman–Crippen MR) is 101 cm³/mol. The minimum absolute atomic E-state index is 0.0689. The van der Waals surface area contributed by atoms with Crippen molar-refractivity contribution in [3.8, 4) is 11.5 Å². The number of piperazine rings is 1. The van der Waals surface area contributed by atoms with Gasteiger partial charge in [0.1, 0.15) is 0 Å². The molecular weight excluding hydrogens is 370 g/mol. The van der Waals surface area contributed by atoms with Crippen LogP contribution < -0.4 is 9.47 Å². The Morgan fingerprint density at radius 1 is 1.07 bits per heavy atom. The van der Waals surface area contributed by atoms with Crippen LogP contribution in [-0.2, 0) is 9.59 Å². The van der Waals surface area contributed by atoms with Crippen LogP contribution in [0.15, 0.2) is 24.3 Å². The molecule has 1 aromatic rings. The van der Waals surface area contributed by atoms with Crippen molar-refractivity contribution in [3.05, 3.63) is 29.8 Å². The van der Waals surface area contributed by atoms with Gasteiger partial charge in [0.2, 0.25) is 11.8 Å². The average Bonchev–Trinajstić information content (AvgIpc) is 2.65. The minimum Gasteiger partial charge on any atom is -0.493 e. The van der Waals surface area contributed by atoms with E-state index < -0.39 is 12.0 Å². The third kappa shape index (κ3) is 5.68. The van der Waals surface area contributed by atoms with Gasteiger partial charge in [0.25, 0.3) is 0 Å². The number of hydrogen-bond donors (Lipinski definition) is 0. The number of alkyl halides is 2. The topological polar surface area (TPSA) is 59.1 Å². The first-order chi connectivity index (χ1) is 13.1. The van der Waals surface area contributed by atoms with E-state index in [-0.39, 0.29) is 23.3 Å². The Bertz CT molecular complexity index is 736. The van der Waals surface area contributed by atoms with Crippen molar-refractivity contribution in [2.45, 2.75) is 27.4 Å². The third-order valence-electron chi connectivity index (χ3n) is 4.34. The Kier molecular flexibility index (Phi) is 6.99. The van der Waals surface area contributed by atoms with Crippen LogP contribution in [0.2, 0.25) is 0 Å². The Labute approximate surface area is 163 Å². The van der Waals surface area contributed by atoms with E-state index >= 15 is 0 Å². The van der Waals surface area contributed by atoms with Crippen LogP contribution in [0, 0.1) is 5.41 Å². The van der Waals surface area contributed by atoms with E-state index in [2.05, 4.69) is 4.74 Å². The molecular formula is C20H26F2N2O4. The van der Waals surface area contributed by atoms with Gasteiger partial charge in [-0.1, -0.05) is 26.8 Å². The fraction of sp³-hybridized carbons (Fsp3) is 0.500. The van der Waals surface area contributed by atoms with Gasteiger partial charge in [0, 0.05) is 37.7 Å². The van der Waals surface area contributed by atoms with Crippen molar-refractivity contribution in [1.82, 2.24) is 9.80 Å². The van der Waals surface area contributed by atoms with Crippen molar-refractivity contribution in [1.29, 1.82) is 0 Å². The first-order valence-corrected chi connectivity index (χ1v) is 9.01. The zero-order chi connectivity index (χ0) is 20.9. The number of rotatable bonds is 5. The molecule has 0 spiro atoms. The van der Waals surface area contributed by atoms with Crippen molar-refractivity contribution < 1.29 is 27.8 Å². The monoisotopic (exact) mass is 396 g/mol. The zero-order valence-electron chi connectivity index (χ0n) is 16.6. The first kappa shape index (κ1) is 21.7. The number of nitrogens with zero attached hydrogens (tertiary/aromatic N) is 2. The second-order valence-corrected chi connectivity index (χ2v) is 7.49. The van der Waals surface area contributed by atoms with E-state index in [0.717, 1.165) is 0 Å². The zero-order valence-corrected chi connectivity index (χ0v) is 16.6. The summed E-state index contributed by atoms with van der Waals surface area (Å²) in [6.45, 7) is 4.63. The summed E-state index contributed by atoms with van der Waals surface area (Å²) in [5.41, 5.74) is 0.180. The molecule has 0 bridgehead atoms. The number of methoxy groups -OCH3 is 1. The molecule has 0 N–H and O–H groups in total. The molecule has 28 heavy (non-hydrogen) atoms. The molecule has 6 nitrogen and oxygen atoms in total. The number of halogens is 2. The molecule has 1 fully saturated rings. The number of carbonyl (C=O) groups excluding carboxylic acids is 2. The summed E-state index contributed by atoms with van der Waals surface area (Å²) < 4.78 is 34.2. The Hall–Kier alpha value is -2.64. The minimum atomic E-state index is -2.94. The highest BCUT2D eigenvalue weighted by Gasteiger charge is 2.30. The molecule has 8 heteroatoms. The molecule has 2 amide bonds. The predicted octanol–water partition coefficient (Wildman–Crippen LogP) is 3.03. The molecule has 154 valence electrons. The van der Waals surface area contributed by atoms with Gasteiger partial charge < -0.3 is 19.3 Å². The fourth-order valence-corrected chi connectivity index (χ4v) is 2.86. The second kappa shape index (κ2) is 9.03. The first-order valence-electron chi connectivity index (χ1n) is 9.01. The summed E-state index contributed by atoms with van der Waals surface area (Å²) >= 11 is 0. The van der Waals surface area contributed by atoms with Gasteiger partial charge in [-0.2, -0.15) is 8.78 Å². The number of carbonyl (C=O) groups is 2. The van der Waals surface area contributed by atoms with E-state index in [1.165, 1.54) is 25.3 Å². The van der Waals surface area contributed by atoms with Crippen LogP contribution in [0.3, 0.4) is 0 Å². The Morgan fingerprint density at radius 2 is 1.68 bits per heavy atom. The van der Waals surface area contributed by atoms with Gasteiger partial charge in [-0.15, -0.1) is 0 Å². The summed E-state index contributed by atoms with van der Waals surface area (Å²) in [5, 5.41) is 0. The van der Waals surface area contributed by atoms with Gasteiger partial charge in [-0.25, -0.2) is 0 Å². The highest BCUT2D eigenvalue weighted by atomic mass is 19.3. The summed E-state index contributed by atoms with van der Waals surface area (Å²) in [6.07, 6.45) is 3.01. The van der Waals surface area contributed by atoms with Crippen LogP contribution in [0.25, 0.3) is 6.08 Å². The van der Waals surface area contributed by atoms with Crippen molar-refractivity contribution in [2.75, 3.05) is 33.3 Å².